The Morgan fingerprint density at radius 3 is 2.30 bits per heavy atom. The van der Waals surface area contributed by atoms with Crippen LogP contribution in [0.1, 0.15) is 17.0 Å². The maximum absolute atomic E-state index is 12.7. The van der Waals surface area contributed by atoms with Crippen LogP contribution >= 0.6 is 0 Å². The van der Waals surface area contributed by atoms with Crippen LogP contribution in [0.15, 0.2) is 79.1 Å². The van der Waals surface area contributed by atoms with Gasteiger partial charge < -0.3 is 14.4 Å². The molecule has 0 radical (unpaired) electrons. The molecule has 3 aromatic rings. The summed E-state index contributed by atoms with van der Waals surface area (Å²) < 4.78 is 10.9. The van der Waals surface area contributed by atoms with Crippen molar-refractivity contribution in [3.05, 3.63) is 96.1 Å². The number of methoxy groups -OCH3 is 1. The van der Waals surface area contributed by atoms with Gasteiger partial charge in [0.15, 0.2) is 0 Å². The van der Waals surface area contributed by atoms with E-state index in [0.717, 1.165) is 22.7 Å². The number of pyridine rings is 2. The van der Waals surface area contributed by atoms with E-state index in [1.165, 1.54) is 0 Å². The molecule has 0 N–H and O–H groups in total. The molecule has 0 atom stereocenters. The lowest BCUT2D eigenvalue weighted by atomic mass is 10.2. The smallest absolute Gasteiger partial charge is 0.247 e. The number of ether oxygens (including phenoxy) is 2. The minimum atomic E-state index is -0.0896. The number of hydrogen-bond acceptors (Lipinski definition) is 5. The van der Waals surface area contributed by atoms with Gasteiger partial charge in [0.25, 0.3) is 0 Å². The normalized spacial score (nSPS) is 10.8. The molecule has 0 fully saturated rings. The van der Waals surface area contributed by atoms with Gasteiger partial charge in [-0.1, -0.05) is 24.3 Å². The lowest BCUT2D eigenvalue weighted by Crippen LogP contribution is -2.32. The highest BCUT2D eigenvalue weighted by Gasteiger charge is 2.11. The molecule has 0 spiro atoms. The Morgan fingerprint density at radius 1 is 0.967 bits per heavy atom. The van der Waals surface area contributed by atoms with E-state index in [4.69, 9.17) is 9.47 Å². The highest BCUT2D eigenvalue weighted by molar-refractivity contribution is 5.91. The Morgan fingerprint density at radius 2 is 1.67 bits per heavy atom. The third-order valence-electron chi connectivity index (χ3n) is 4.37. The van der Waals surface area contributed by atoms with Gasteiger partial charge >= 0.3 is 0 Å². The van der Waals surface area contributed by atoms with Crippen LogP contribution in [0.2, 0.25) is 0 Å². The summed E-state index contributed by atoms with van der Waals surface area (Å²) in [7, 11) is 1.62. The Labute approximate surface area is 176 Å². The van der Waals surface area contributed by atoms with Crippen molar-refractivity contribution in [2.45, 2.75) is 13.2 Å². The SMILES string of the molecule is COCCN(Cc1ccccn1)C(=O)/C=C/c1ccc(OCc2ccccn2)cc1. The third kappa shape index (κ3) is 6.83. The van der Waals surface area contributed by atoms with Crippen LogP contribution < -0.4 is 4.74 Å². The zero-order valence-corrected chi connectivity index (χ0v) is 17.0. The number of hydrogen-bond donors (Lipinski definition) is 0. The highest BCUT2D eigenvalue weighted by Crippen LogP contribution is 2.15. The quantitative estimate of drug-likeness (QED) is 0.483. The molecule has 30 heavy (non-hydrogen) atoms. The van der Waals surface area contributed by atoms with E-state index < -0.39 is 0 Å². The van der Waals surface area contributed by atoms with E-state index in [-0.39, 0.29) is 5.91 Å². The summed E-state index contributed by atoms with van der Waals surface area (Å²) in [4.78, 5) is 22.9. The van der Waals surface area contributed by atoms with Crippen LogP contribution in [0.4, 0.5) is 0 Å². The topological polar surface area (TPSA) is 64.5 Å². The largest absolute Gasteiger partial charge is 0.487 e. The van der Waals surface area contributed by atoms with Crippen LogP contribution in [0, 0.1) is 0 Å². The molecule has 2 aromatic heterocycles. The molecule has 0 unspecified atom stereocenters. The second-order valence-electron chi connectivity index (χ2n) is 6.59. The molecular formula is C24H25N3O3. The maximum atomic E-state index is 12.7. The molecule has 6 heteroatoms. The Kier molecular flexibility index (Phi) is 8.12. The molecule has 3 rings (SSSR count). The van der Waals surface area contributed by atoms with E-state index in [0.29, 0.717) is 26.3 Å². The molecule has 0 aliphatic heterocycles. The molecule has 0 aliphatic carbocycles. The van der Waals surface area contributed by atoms with Crippen molar-refractivity contribution in [2.75, 3.05) is 20.3 Å². The number of nitrogens with zero attached hydrogens (tertiary/aromatic N) is 3. The molecule has 1 aromatic carbocycles. The minimum Gasteiger partial charge on any atom is -0.487 e. The van der Waals surface area contributed by atoms with Gasteiger partial charge in [-0.15, -0.1) is 0 Å². The lowest BCUT2D eigenvalue weighted by molar-refractivity contribution is -0.127. The van der Waals surface area contributed by atoms with E-state index in [1.807, 2.05) is 60.7 Å². The minimum absolute atomic E-state index is 0.0896. The molecule has 154 valence electrons. The van der Waals surface area contributed by atoms with Crippen molar-refractivity contribution in [3.63, 3.8) is 0 Å². The first-order valence-corrected chi connectivity index (χ1v) is 9.73. The number of aromatic nitrogens is 2. The predicted molar refractivity (Wildman–Crippen MR) is 116 cm³/mol. The molecule has 0 aliphatic rings. The van der Waals surface area contributed by atoms with Crippen LogP contribution in [0.5, 0.6) is 5.75 Å². The maximum Gasteiger partial charge on any atom is 0.247 e. The average Bonchev–Trinajstić information content (AvgIpc) is 2.81. The summed E-state index contributed by atoms with van der Waals surface area (Å²) in [5.74, 6) is 0.661. The third-order valence-corrected chi connectivity index (χ3v) is 4.37. The summed E-state index contributed by atoms with van der Waals surface area (Å²) in [6.07, 6.45) is 6.83. The van der Waals surface area contributed by atoms with Gasteiger partial charge in [-0.25, -0.2) is 0 Å². The fourth-order valence-electron chi connectivity index (χ4n) is 2.74. The number of carbonyl (C=O) groups is 1. The van der Waals surface area contributed by atoms with Crippen molar-refractivity contribution in [1.29, 1.82) is 0 Å². The van der Waals surface area contributed by atoms with Gasteiger partial charge in [-0.2, -0.15) is 0 Å². The monoisotopic (exact) mass is 403 g/mol. The second kappa shape index (κ2) is 11.5. The van der Waals surface area contributed by atoms with Crippen molar-refractivity contribution in [3.8, 4) is 5.75 Å². The first kappa shape index (κ1) is 21.2. The molecule has 0 saturated carbocycles. The van der Waals surface area contributed by atoms with E-state index in [1.54, 1.807) is 36.6 Å². The summed E-state index contributed by atoms with van der Waals surface area (Å²) in [6.45, 7) is 1.81. The van der Waals surface area contributed by atoms with Crippen molar-refractivity contribution >= 4 is 12.0 Å². The fraction of sp³-hybridized carbons (Fsp3) is 0.208. The summed E-state index contributed by atoms with van der Waals surface area (Å²) in [5, 5.41) is 0. The Hall–Kier alpha value is -3.51. The molecule has 2 heterocycles. The van der Waals surface area contributed by atoms with Crippen molar-refractivity contribution in [2.24, 2.45) is 0 Å². The highest BCUT2D eigenvalue weighted by atomic mass is 16.5. The molecular weight excluding hydrogens is 378 g/mol. The van der Waals surface area contributed by atoms with Crippen LogP contribution in [-0.4, -0.2) is 41.0 Å². The zero-order valence-electron chi connectivity index (χ0n) is 17.0. The van der Waals surface area contributed by atoms with Crippen LogP contribution in [0.25, 0.3) is 6.08 Å². The van der Waals surface area contributed by atoms with Crippen molar-refractivity contribution in [1.82, 2.24) is 14.9 Å². The van der Waals surface area contributed by atoms with Gasteiger partial charge in [0.2, 0.25) is 5.91 Å². The summed E-state index contributed by atoms with van der Waals surface area (Å²) in [6, 6.07) is 19.0. The molecule has 0 saturated heterocycles. The first-order chi connectivity index (χ1) is 14.7. The summed E-state index contributed by atoms with van der Waals surface area (Å²) >= 11 is 0. The molecule has 1 amide bonds. The molecule has 0 bridgehead atoms. The number of rotatable bonds is 10. The molecule has 6 nitrogen and oxygen atoms in total. The van der Waals surface area contributed by atoms with Crippen molar-refractivity contribution < 1.29 is 14.3 Å². The fourth-order valence-corrected chi connectivity index (χ4v) is 2.74. The first-order valence-electron chi connectivity index (χ1n) is 9.73. The average molecular weight is 403 g/mol. The van der Waals surface area contributed by atoms with E-state index in [2.05, 4.69) is 9.97 Å². The zero-order chi connectivity index (χ0) is 21.0. The lowest BCUT2D eigenvalue weighted by Gasteiger charge is -2.20. The van der Waals surface area contributed by atoms with Gasteiger partial charge in [0.1, 0.15) is 12.4 Å². The Bertz CT molecular complexity index is 929. The second-order valence-corrected chi connectivity index (χ2v) is 6.59. The van der Waals surface area contributed by atoms with Crippen LogP contribution in [0.3, 0.4) is 0 Å². The number of carbonyl (C=O) groups excluding carboxylic acids is 1. The standard InChI is InChI=1S/C24H25N3O3/c1-29-17-16-27(18-21-6-2-4-14-25-21)24(28)13-10-20-8-11-23(12-9-20)30-19-22-7-3-5-15-26-22/h2-15H,16-19H2,1H3/b13-10+. The van der Waals surface area contributed by atoms with Gasteiger partial charge in [-0.3, -0.25) is 14.8 Å². The number of amides is 1. The van der Waals surface area contributed by atoms with Gasteiger partial charge in [-0.05, 0) is 48.0 Å². The van der Waals surface area contributed by atoms with E-state index in [9.17, 15) is 4.79 Å². The summed E-state index contributed by atoms with van der Waals surface area (Å²) in [5.41, 5.74) is 2.62. The Balaban J connectivity index is 1.57. The number of benzene rings is 1. The van der Waals surface area contributed by atoms with Crippen LogP contribution in [-0.2, 0) is 22.7 Å². The van der Waals surface area contributed by atoms with Gasteiger partial charge in [0, 0.05) is 32.1 Å². The van der Waals surface area contributed by atoms with Gasteiger partial charge in [0.05, 0.1) is 24.5 Å². The predicted octanol–water partition coefficient (Wildman–Crippen LogP) is 3.74. The van der Waals surface area contributed by atoms with E-state index >= 15 is 0 Å².